The van der Waals surface area contributed by atoms with E-state index < -0.39 is 5.82 Å². The van der Waals surface area contributed by atoms with E-state index in [0.717, 1.165) is 13.1 Å². The number of ether oxygens (including phenoxy) is 1. The lowest BCUT2D eigenvalue weighted by Crippen LogP contribution is -2.54. The summed E-state index contributed by atoms with van der Waals surface area (Å²) in [5.41, 5.74) is 0.962. The first kappa shape index (κ1) is 25.6. The van der Waals surface area contributed by atoms with E-state index in [1.54, 1.807) is 11.0 Å². The van der Waals surface area contributed by atoms with Crippen LogP contribution in [0.5, 0.6) is 11.6 Å². The number of amides is 1. The van der Waals surface area contributed by atoms with Crippen LogP contribution in [0.2, 0.25) is 10.2 Å². The second-order valence-corrected chi connectivity index (χ2v) is 11.2. The Hall–Kier alpha value is -3.70. The van der Waals surface area contributed by atoms with Crippen LogP contribution in [-0.2, 0) is 4.79 Å². The molecule has 6 rings (SSSR count). The SMILES string of the molecule is C=CC(=O)N1CCN(c2nc(N3CC(C)(C)C3)nc3c(Oc4c(Cl)c(F)cc5[nH]ncc45)nc(Cl)cc23)CC1. The molecule has 0 atom stereocenters. The van der Waals surface area contributed by atoms with Gasteiger partial charge in [0, 0.05) is 45.3 Å². The number of aromatic amines is 1. The van der Waals surface area contributed by atoms with Crippen molar-refractivity contribution >= 4 is 62.7 Å². The van der Waals surface area contributed by atoms with Gasteiger partial charge in [-0.3, -0.25) is 9.89 Å². The molecule has 1 aromatic carbocycles. The molecule has 202 valence electrons. The van der Waals surface area contributed by atoms with Crippen LogP contribution < -0.4 is 14.5 Å². The number of H-pyrrole nitrogens is 1. The molecule has 0 aliphatic carbocycles. The third-order valence-electron chi connectivity index (χ3n) is 6.97. The fourth-order valence-corrected chi connectivity index (χ4v) is 5.47. The number of hydrogen-bond donors (Lipinski definition) is 1. The number of anilines is 2. The molecule has 10 nitrogen and oxygen atoms in total. The Morgan fingerprint density at radius 2 is 1.85 bits per heavy atom. The molecule has 0 spiro atoms. The van der Waals surface area contributed by atoms with Crippen LogP contribution in [0, 0.1) is 11.2 Å². The van der Waals surface area contributed by atoms with Gasteiger partial charge in [0.05, 0.1) is 22.5 Å². The van der Waals surface area contributed by atoms with Gasteiger partial charge in [-0.05, 0) is 17.6 Å². The molecule has 4 aromatic rings. The number of carbonyl (C=O) groups is 1. The zero-order valence-electron chi connectivity index (χ0n) is 21.3. The van der Waals surface area contributed by atoms with Gasteiger partial charge < -0.3 is 19.4 Å². The lowest BCUT2D eigenvalue weighted by atomic mass is 9.85. The summed E-state index contributed by atoms with van der Waals surface area (Å²) in [5.74, 6) is 0.525. The van der Waals surface area contributed by atoms with Crippen LogP contribution >= 0.6 is 23.2 Å². The summed E-state index contributed by atoms with van der Waals surface area (Å²) in [7, 11) is 0. The normalized spacial score (nSPS) is 17.0. The molecule has 39 heavy (non-hydrogen) atoms. The predicted molar refractivity (Wildman–Crippen MR) is 148 cm³/mol. The monoisotopic (exact) mass is 570 g/mol. The second kappa shape index (κ2) is 9.49. The lowest BCUT2D eigenvalue weighted by Gasteiger charge is -2.46. The highest BCUT2D eigenvalue weighted by Gasteiger charge is 2.37. The van der Waals surface area contributed by atoms with Crippen molar-refractivity contribution in [3.05, 3.63) is 47.0 Å². The Labute approximate surface area is 233 Å². The summed E-state index contributed by atoms with van der Waals surface area (Å²) in [6, 6.07) is 2.94. The highest BCUT2D eigenvalue weighted by atomic mass is 35.5. The minimum atomic E-state index is -0.666. The zero-order chi connectivity index (χ0) is 27.5. The molecule has 1 amide bonds. The van der Waals surface area contributed by atoms with E-state index in [4.69, 9.17) is 37.9 Å². The number of rotatable bonds is 5. The van der Waals surface area contributed by atoms with Crippen molar-refractivity contribution < 1.29 is 13.9 Å². The Morgan fingerprint density at radius 1 is 1.10 bits per heavy atom. The summed E-state index contributed by atoms with van der Waals surface area (Å²) in [6.07, 6.45) is 2.82. The molecule has 0 bridgehead atoms. The van der Waals surface area contributed by atoms with Crippen molar-refractivity contribution in [1.29, 1.82) is 0 Å². The Morgan fingerprint density at radius 3 is 2.54 bits per heavy atom. The molecule has 2 aliphatic rings. The first-order valence-corrected chi connectivity index (χ1v) is 13.2. The molecule has 5 heterocycles. The minimum absolute atomic E-state index is 0.0554. The van der Waals surface area contributed by atoms with Crippen molar-refractivity contribution in [3.63, 3.8) is 0 Å². The standard InChI is InChI=1S/C26H25Cl2FN8O2/c1-4-19(38)35-5-7-36(8-6-35)23-14-9-18(27)31-24(21(14)32-25(33-23)37-12-26(2,3)13-37)39-22-15-11-30-34-17(15)10-16(29)20(22)28/h4,9-11H,1,5-8,12-13H2,2-3H3,(H,30,34). The maximum Gasteiger partial charge on any atom is 0.247 e. The summed E-state index contributed by atoms with van der Waals surface area (Å²) >= 11 is 12.8. The predicted octanol–water partition coefficient (Wildman–Crippen LogP) is 4.82. The maximum absolute atomic E-state index is 14.6. The highest BCUT2D eigenvalue weighted by Crippen LogP contribution is 2.42. The smallest absolute Gasteiger partial charge is 0.247 e. The fraction of sp³-hybridized carbons (Fsp3) is 0.346. The van der Waals surface area contributed by atoms with E-state index >= 15 is 0 Å². The molecule has 2 saturated heterocycles. The van der Waals surface area contributed by atoms with Crippen molar-refractivity contribution in [1.82, 2.24) is 30.0 Å². The average Bonchev–Trinajstić information content (AvgIpc) is 3.37. The molecule has 3 aromatic heterocycles. The first-order chi connectivity index (χ1) is 18.6. The molecule has 2 fully saturated rings. The van der Waals surface area contributed by atoms with E-state index in [2.05, 4.69) is 45.4 Å². The lowest BCUT2D eigenvalue weighted by molar-refractivity contribution is -0.126. The number of nitrogens with one attached hydrogen (secondary N) is 1. The minimum Gasteiger partial charge on any atom is -0.434 e. The number of fused-ring (bicyclic) bond motifs is 2. The number of halogens is 3. The number of nitrogens with zero attached hydrogens (tertiary/aromatic N) is 7. The van der Waals surface area contributed by atoms with E-state index in [-0.39, 0.29) is 33.1 Å². The number of hydrogen-bond acceptors (Lipinski definition) is 8. The van der Waals surface area contributed by atoms with Gasteiger partial charge in [-0.1, -0.05) is 43.6 Å². The second-order valence-electron chi connectivity index (χ2n) is 10.5. The van der Waals surface area contributed by atoms with Crippen LogP contribution in [0.3, 0.4) is 0 Å². The first-order valence-electron chi connectivity index (χ1n) is 12.4. The molecule has 0 unspecified atom stereocenters. The molecular formula is C26H25Cl2FN8O2. The van der Waals surface area contributed by atoms with Gasteiger partial charge in [0.1, 0.15) is 27.3 Å². The van der Waals surface area contributed by atoms with E-state index in [9.17, 15) is 9.18 Å². The van der Waals surface area contributed by atoms with Gasteiger partial charge in [-0.25, -0.2) is 9.37 Å². The molecular weight excluding hydrogens is 546 g/mol. The van der Waals surface area contributed by atoms with Crippen molar-refractivity contribution in [2.45, 2.75) is 13.8 Å². The highest BCUT2D eigenvalue weighted by molar-refractivity contribution is 6.33. The van der Waals surface area contributed by atoms with E-state index in [1.165, 1.54) is 18.3 Å². The summed E-state index contributed by atoms with van der Waals surface area (Å²) in [5, 5.41) is 7.76. The third kappa shape index (κ3) is 4.59. The summed E-state index contributed by atoms with van der Waals surface area (Å²) in [4.78, 5) is 32.2. The van der Waals surface area contributed by atoms with Gasteiger partial charge >= 0.3 is 0 Å². The third-order valence-corrected chi connectivity index (χ3v) is 7.51. The summed E-state index contributed by atoms with van der Waals surface area (Å²) < 4.78 is 20.8. The van der Waals surface area contributed by atoms with Crippen molar-refractivity contribution in [2.24, 2.45) is 5.41 Å². The average molecular weight is 571 g/mol. The van der Waals surface area contributed by atoms with E-state index in [1.807, 2.05) is 0 Å². The van der Waals surface area contributed by atoms with Gasteiger partial charge in [-0.15, -0.1) is 0 Å². The number of carbonyl (C=O) groups excluding carboxylic acids is 1. The molecule has 2 aliphatic heterocycles. The van der Waals surface area contributed by atoms with Gasteiger partial charge in [0.15, 0.2) is 5.75 Å². The molecule has 0 radical (unpaired) electrons. The number of piperazine rings is 1. The Kier molecular flexibility index (Phi) is 6.22. The van der Waals surface area contributed by atoms with Gasteiger partial charge in [0.25, 0.3) is 0 Å². The number of benzene rings is 1. The van der Waals surface area contributed by atoms with Crippen LogP contribution in [0.25, 0.3) is 21.8 Å². The van der Waals surface area contributed by atoms with Crippen LogP contribution in [0.15, 0.2) is 31.0 Å². The number of aromatic nitrogens is 5. The maximum atomic E-state index is 14.6. The quantitative estimate of drug-likeness (QED) is 0.269. The Balaban J connectivity index is 1.48. The molecule has 0 saturated carbocycles. The van der Waals surface area contributed by atoms with Crippen LogP contribution in [0.1, 0.15) is 13.8 Å². The molecule has 13 heteroatoms. The van der Waals surface area contributed by atoms with Crippen molar-refractivity contribution in [3.8, 4) is 11.6 Å². The van der Waals surface area contributed by atoms with E-state index in [0.29, 0.717) is 59.8 Å². The van der Waals surface area contributed by atoms with Crippen molar-refractivity contribution in [2.75, 3.05) is 49.1 Å². The Bertz CT molecular complexity index is 1630. The van der Waals surface area contributed by atoms with Crippen LogP contribution in [0.4, 0.5) is 16.2 Å². The van der Waals surface area contributed by atoms with Gasteiger partial charge in [0.2, 0.25) is 17.7 Å². The van der Waals surface area contributed by atoms with Gasteiger partial charge in [-0.2, -0.15) is 15.1 Å². The van der Waals surface area contributed by atoms with Crippen LogP contribution in [-0.4, -0.2) is 75.2 Å². The number of pyridine rings is 1. The molecule has 1 N–H and O–H groups in total. The zero-order valence-corrected chi connectivity index (χ0v) is 22.9. The topological polar surface area (TPSA) is 103 Å². The summed E-state index contributed by atoms with van der Waals surface area (Å²) in [6.45, 7) is 11.6. The fourth-order valence-electron chi connectivity index (χ4n) is 5.09. The largest absolute Gasteiger partial charge is 0.434 e.